The number of carbonyl (C=O) groups excluding carboxylic acids is 1. The van der Waals surface area contributed by atoms with Crippen LogP contribution in [-0.4, -0.2) is 18.6 Å². The second-order valence-corrected chi connectivity index (χ2v) is 5.42. The summed E-state index contributed by atoms with van der Waals surface area (Å²) in [6.45, 7) is 1.99. The number of halogens is 2. The van der Waals surface area contributed by atoms with Gasteiger partial charge in [-0.2, -0.15) is 0 Å². The standard InChI is InChI=1S/C17H16F2N2O2/c1-10(11-6-12(18)8-13(19)7-11)21-17(22)16-9-20-14-4-2-3-5-15(14)23-16/h2-8,10,16,20H,9H2,1H3,(H,21,22)/t10-,16?/m1/s1. The first-order valence-electron chi connectivity index (χ1n) is 7.29. The van der Waals surface area contributed by atoms with Crippen molar-refractivity contribution in [3.05, 3.63) is 59.7 Å². The maximum absolute atomic E-state index is 13.3. The average Bonchev–Trinajstić information content (AvgIpc) is 2.53. The number of rotatable bonds is 3. The summed E-state index contributed by atoms with van der Waals surface area (Å²) in [5.41, 5.74) is 1.19. The lowest BCUT2D eigenvalue weighted by atomic mass is 10.1. The van der Waals surface area contributed by atoms with Gasteiger partial charge in [0.05, 0.1) is 18.3 Å². The van der Waals surface area contributed by atoms with Crippen LogP contribution in [0, 0.1) is 11.6 Å². The minimum absolute atomic E-state index is 0.326. The first-order valence-corrected chi connectivity index (χ1v) is 7.29. The number of benzene rings is 2. The monoisotopic (exact) mass is 318 g/mol. The van der Waals surface area contributed by atoms with Crippen molar-refractivity contribution in [3.8, 4) is 5.75 Å². The fraction of sp³-hybridized carbons (Fsp3) is 0.235. The molecule has 120 valence electrons. The Hall–Kier alpha value is -2.63. The van der Waals surface area contributed by atoms with E-state index < -0.39 is 23.8 Å². The first-order chi connectivity index (χ1) is 11.0. The molecule has 6 heteroatoms. The van der Waals surface area contributed by atoms with Crippen LogP contribution in [0.25, 0.3) is 0 Å². The van der Waals surface area contributed by atoms with Gasteiger partial charge in [0.2, 0.25) is 0 Å². The van der Waals surface area contributed by atoms with E-state index in [4.69, 9.17) is 4.74 Å². The molecule has 0 aliphatic carbocycles. The second kappa shape index (κ2) is 6.24. The number of carbonyl (C=O) groups is 1. The van der Waals surface area contributed by atoms with E-state index >= 15 is 0 Å². The zero-order valence-corrected chi connectivity index (χ0v) is 12.5. The fourth-order valence-electron chi connectivity index (χ4n) is 2.47. The highest BCUT2D eigenvalue weighted by atomic mass is 19.1. The van der Waals surface area contributed by atoms with Gasteiger partial charge in [-0.25, -0.2) is 8.78 Å². The molecule has 2 atom stereocenters. The van der Waals surface area contributed by atoms with Gasteiger partial charge in [-0.3, -0.25) is 4.79 Å². The molecule has 1 amide bonds. The van der Waals surface area contributed by atoms with Crippen LogP contribution in [0.2, 0.25) is 0 Å². The summed E-state index contributed by atoms with van der Waals surface area (Å²) in [5, 5.41) is 5.83. The van der Waals surface area contributed by atoms with E-state index in [1.165, 1.54) is 12.1 Å². The molecule has 0 bridgehead atoms. The normalized spacial score (nSPS) is 17.4. The van der Waals surface area contributed by atoms with E-state index in [0.717, 1.165) is 11.8 Å². The van der Waals surface area contributed by atoms with Crippen LogP contribution in [0.3, 0.4) is 0 Å². The molecule has 3 rings (SSSR count). The van der Waals surface area contributed by atoms with Crippen LogP contribution < -0.4 is 15.4 Å². The van der Waals surface area contributed by atoms with Gasteiger partial charge >= 0.3 is 0 Å². The summed E-state index contributed by atoms with van der Waals surface area (Å²) in [7, 11) is 0. The Morgan fingerprint density at radius 1 is 1.26 bits per heavy atom. The average molecular weight is 318 g/mol. The van der Waals surface area contributed by atoms with Crippen molar-refractivity contribution in [1.82, 2.24) is 5.32 Å². The second-order valence-electron chi connectivity index (χ2n) is 5.42. The van der Waals surface area contributed by atoms with E-state index in [2.05, 4.69) is 10.6 Å². The fourth-order valence-corrected chi connectivity index (χ4v) is 2.47. The summed E-state index contributed by atoms with van der Waals surface area (Å²) in [6.07, 6.45) is -0.703. The van der Waals surface area contributed by atoms with Gasteiger partial charge in [-0.05, 0) is 36.8 Å². The van der Waals surface area contributed by atoms with Crippen LogP contribution in [0.5, 0.6) is 5.75 Å². The van der Waals surface area contributed by atoms with E-state index in [1.54, 1.807) is 13.0 Å². The van der Waals surface area contributed by atoms with Gasteiger partial charge in [0.1, 0.15) is 17.4 Å². The summed E-state index contributed by atoms with van der Waals surface area (Å²) < 4.78 is 32.2. The van der Waals surface area contributed by atoms with Crippen LogP contribution in [-0.2, 0) is 4.79 Å². The number of ether oxygens (including phenoxy) is 1. The van der Waals surface area contributed by atoms with Gasteiger partial charge in [-0.1, -0.05) is 12.1 Å². The maximum Gasteiger partial charge on any atom is 0.263 e. The molecule has 0 spiro atoms. The number of amides is 1. The predicted molar refractivity (Wildman–Crippen MR) is 82.3 cm³/mol. The molecule has 1 aliphatic heterocycles. The van der Waals surface area contributed by atoms with Crippen molar-refractivity contribution in [1.29, 1.82) is 0 Å². The van der Waals surface area contributed by atoms with E-state index in [-0.39, 0.29) is 5.91 Å². The smallest absolute Gasteiger partial charge is 0.263 e. The molecule has 2 aromatic carbocycles. The summed E-state index contributed by atoms with van der Waals surface area (Å²) in [6, 6.07) is 9.98. The van der Waals surface area contributed by atoms with Crippen LogP contribution in [0.1, 0.15) is 18.5 Å². The molecule has 2 N–H and O–H groups in total. The van der Waals surface area contributed by atoms with Crippen molar-refractivity contribution in [2.75, 3.05) is 11.9 Å². The molecule has 0 saturated carbocycles. The van der Waals surface area contributed by atoms with Gasteiger partial charge in [-0.15, -0.1) is 0 Å². The molecule has 0 saturated heterocycles. The molecule has 1 aliphatic rings. The number of para-hydroxylation sites is 2. The third-order valence-corrected chi connectivity index (χ3v) is 3.67. The molecule has 2 aromatic rings. The lowest BCUT2D eigenvalue weighted by Gasteiger charge is -2.27. The molecule has 1 unspecified atom stereocenters. The Morgan fingerprint density at radius 3 is 2.70 bits per heavy atom. The molecule has 1 heterocycles. The van der Waals surface area contributed by atoms with Crippen LogP contribution in [0.15, 0.2) is 42.5 Å². The van der Waals surface area contributed by atoms with Gasteiger partial charge in [0.25, 0.3) is 5.91 Å². The van der Waals surface area contributed by atoms with Crippen molar-refractivity contribution in [2.45, 2.75) is 19.1 Å². The van der Waals surface area contributed by atoms with Crippen molar-refractivity contribution >= 4 is 11.6 Å². The van der Waals surface area contributed by atoms with E-state index in [1.807, 2.05) is 18.2 Å². The lowest BCUT2D eigenvalue weighted by molar-refractivity contribution is -0.128. The third kappa shape index (κ3) is 3.41. The highest BCUT2D eigenvalue weighted by Gasteiger charge is 2.26. The quantitative estimate of drug-likeness (QED) is 0.914. The minimum Gasteiger partial charge on any atom is -0.477 e. The molecular formula is C17H16F2N2O2. The summed E-state index contributed by atoms with van der Waals surface area (Å²) in [5.74, 6) is -1.09. The van der Waals surface area contributed by atoms with Crippen molar-refractivity contribution < 1.29 is 18.3 Å². The van der Waals surface area contributed by atoms with Gasteiger partial charge in [0.15, 0.2) is 6.10 Å². The Morgan fingerprint density at radius 2 is 1.96 bits per heavy atom. The number of hydrogen-bond acceptors (Lipinski definition) is 3. The molecule has 23 heavy (non-hydrogen) atoms. The van der Waals surface area contributed by atoms with Gasteiger partial charge < -0.3 is 15.4 Å². The maximum atomic E-state index is 13.3. The molecular weight excluding hydrogens is 302 g/mol. The van der Waals surface area contributed by atoms with E-state index in [9.17, 15) is 13.6 Å². The molecule has 0 radical (unpaired) electrons. The zero-order chi connectivity index (χ0) is 16.4. The third-order valence-electron chi connectivity index (χ3n) is 3.67. The van der Waals surface area contributed by atoms with Crippen LogP contribution >= 0.6 is 0 Å². The Labute approximate surface area is 132 Å². The predicted octanol–water partition coefficient (Wildman–Crippen LogP) is 3.02. The topological polar surface area (TPSA) is 50.4 Å². The highest BCUT2D eigenvalue weighted by molar-refractivity contribution is 5.83. The molecule has 0 aromatic heterocycles. The van der Waals surface area contributed by atoms with Crippen molar-refractivity contribution in [2.24, 2.45) is 0 Å². The zero-order valence-electron chi connectivity index (χ0n) is 12.5. The lowest BCUT2D eigenvalue weighted by Crippen LogP contribution is -2.45. The number of nitrogens with one attached hydrogen (secondary N) is 2. The first kappa shape index (κ1) is 15.3. The van der Waals surface area contributed by atoms with Crippen molar-refractivity contribution in [3.63, 3.8) is 0 Å². The number of hydrogen-bond donors (Lipinski definition) is 2. The van der Waals surface area contributed by atoms with Gasteiger partial charge in [0, 0.05) is 6.07 Å². The van der Waals surface area contributed by atoms with E-state index in [0.29, 0.717) is 17.9 Å². The summed E-state index contributed by atoms with van der Waals surface area (Å²) in [4.78, 5) is 12.3. The number of fused-ring (bicyclic) bond motifs is 1. The number of anilines is 1. The Balaban J connectivity index is 1.67. The highest BCUT2D eigenvalue weighted by Crippen LogP contribution is 2.28. The largest absolute Gasteiger partial charge is 0.477 e. The Kier molecular flexibility index (Phi) is 4.14. The summed E-state index contributed by atoms with van der Waals surface area (Å²) >= 11 is 0. The molecule has 0 fully saturated rings. The Bertz CT molecular complexity index is 716. The van der Waals surface area contributed by atoms with Crippen LogP contribution in [0.4, 0.5) is 14.5 Å². The minimum atomic E-state index is -0.703. The SMILES string of the molecule is C[C@@H](NC(=O)C1CNc2ccccc2O1)c1cc(F)cc(F)c1. The molecule has 4 nitrogen and oxygen atoms in total.